The minimum atomic E-state index is -0.564. The summed E-state index contributed by atoms with van der Waals surface area (Å²) >= 11 is 0. The fourth-order valence-electron chi connectivity index (χ4n) is 2.11. The summed E-state index contributed by atoms with van der Waals surface area (Å²) in [5, 5.41) is 9.11. The van der Waals surface area contributed by atoms with Gasteiger partial charge in [-0.15, -0.1) is 0 Å². The van der Waals surface area contributed by atoms with Crippen LogP contribution >= 0.6 is 0 Å². The molecule has 2 aromatic carbocycles. The zero-order valence-corrected chi connectivity index (χ0v) is 12.4. The Morgan fingerprint density at radius 1 is 1.14 bits per heavy atom. The Hall–Kier alpha value is -2.13. The van der Waals surface area contributed by atoms with Gasteiger partial charge in [0, 0.05) is 5.56 Å². The van der Waals surface area contributed by atoms with Crippen LogP contribution in [0, 0.1) is 0 Å². The minimum Gasteiger partial charge on any atom is -0.483 e. The number of hydrogen-bond acceptors (Lipinski definition) is 3. The Morgan fingerprint density at radius 3 is 2.48 bits per heavy atom. The maximum atomic E-state index is 12.3. The van der Waals surface area contributed by atoms with Crippen LogP contribution in [0.1, 0.15) is 35.3 Å². The lowest BCUT2D eigenvalue weighted by molar-refractivity contribution is 0.0818. The molecule has 3 nitrogen and oxygen atoms in total. The van der Waals surface area contributed by atoms with Gasteiger partial charge in [-0.2, -0.15) is 0 Å². The van der Waals surface area contributed by atoms with Crippen LogP contribution in [-0.4, -0.2) is 17.0 Å². The standard InChI is InChI=1S/C18H20O3/c1-3-14-7-9-16(10-8-14)18(20)13(2)21-17-6-4-5-15(11-17)12-19/h4-11,13,19H,3,12H2,1-2H3. The van der Waals surface area contributed by atoms with E-state index in [1.54, 1.807) is 25.1 Å². The van der Waals surface area contributed by atoms with Gasteiger partial charge in [0.15, 0.2) is 6.10 Å². The van der Waals surface area contributed by atoms with Crippen molar-refractivity contribution in [2.45, 2.75) is 33.0 Å². The van der Waals surface area contributed by atoms with Crippen LogP contribution in [0.2, 0.25) is 0 Å². The first-order chi connectivity index (χ1) is 10.1. The van der Waals surface area contributed by atoms with Crippen LogP contribution in [0.3, 0.4) is 0 Å². The summed E-state index contributed by atoms with van der Waals surface area (Å²) in [5.74, 6) is 0.541. The number of ether oxygens (including phenoxy) is 1. The van der Waals surface area contributed by atoms with Crippen LogP contribution < -0.4 is 4.74 Å². The number of carbonyl (C=O) groups excluding carboxylic acids is 1. The molecular weight excluding hydrogens is 264 g/mol. The summed E-state index contributed by atoms with van der Waals surface area (Å²) < 4.78 is 5.67. The van der Waals surface area contributed by atoms with Crippen molar-refractivity contribution in [1.82, 2.24) is 0 Å². The molecule has 1 atom stereocenters. The lowest BCUT2D eigenvalue weighted by Crippen LogP contribution is -2.23. The van der Waals surface area contributed by atoms with Gasteiger partial charge in [0.2, 0.25) is 5.78 Å². The smallest absolute Gasteiger partial charge is 0.202 e. The van der Waals surface area contributed by atoms with Crippen molar-refractivity contribution in [3.63, 3.8) is 0 Å². The molecule has 0 amide bonds. The highest BCUT2D eigenvalue weighted by Crippen LogP contribution is 2.17. The van der Waals surface area contributed by atoms with Gasteiger partial charge in [0.25, 0.3) is 0 Å². The first-order valence-electron chi connectivity index (χ1n) is 7.13. The molecule has 0 saturated heterocycles. The quantitative estimate of drug-likeness (QED) is 0.827. The minimum absolute atomic E-state index is 0.0436. The van der Waals surface area contributed by atoms with Crippen LogP contribution in [0.4, 0.5) is 0 Å². The van der Waals surface area contributed by atoms with Crippen molar-refractivity contribution < 1.29 is 14.6 Å². The second-order valence-electron chi connectivity index (χ2n) is 4.98. The molecule has 0 aliphatic rings. The average molecular weight is 284 g/mol. The third-order valence-electron chi connectivity index (χ3n) is 3.41. The van der Waals surface area contributed by atoms with E-state index in [0.29, 0.717) is 11.3 Å². The van der Waals surface area contributed by atoms with Gasteiger partial charge in [0.1, 0.15) is 5.75 Å². The molecule has 0 saturated carbocycles. The Kier molecular flexibility index (Phi) is 5.12. The fourth-order valence-corrected chi connectivity index (χ4v) is 2.11. The number of aliphatic hydroxyl groups is 1. The van der Waals surface area contributed by atoms with E-state index in [1.807, 2.05) is 30.3 Å². The lowest BCUT2D eigenvalue weighted by atomic mass is 10.0. The van der Waals surface area contributed by atoms with Gasteiger partial charge in [-0.25, -0.2) is 0 Å². The molecule has 2 aromatic rings. The second-order valence-corrected chi connectivity index (χ2v) is 4.98. The summed E-state index contributed by atoms with van der Waals surface area (Å²) in [6, 6.07) is 14.7. The molecule has 0 heterocycles. The lowest BCUT2D eigenvalue weighted by Gasteiger charge is -2.14. The van der Waals surface area contributed by atoms with Gasteiger partial charge in [-0.3, -0.25) is 4.79 Å². The number of aliphatic hydroxyl groups excluding tert-OH is 1. The summed E-state index contributed by atoms with van der Waals surface area (Å²) in [6.07, 6.45) is 0.389. The van der Waals surface area contributed by atoms with Crippen LogP contribution in [0.25, 0.3) is 0 Å². The van der Waals surface area contributed by atoms with E-state index in [-0.39, 0.29) is 12.4 Å². The van der Waals surface area contributed by atoms with Crippen molar-refractivity contribution in [3.05, 3.63) is 65.2 Å². The molecule has 3 heteroatoms. The van der Waals surface area contributed by atoms with E-state index in [4.69, 9.17) is 9.84 Å². The maximum Gasteiger partial charge on any atom is 0.202 e. The van der Waals surface area contributed by atoms with E-state index >= 15 is 0 Å². The van der Waals surface area contributed by atoms with Crippen molar-refractivity contribution >= 4 is 5.78 Å². The Morgan fingerprint density at radius 2 is 1.86 bits per heavy atom. The summed E-state index contributed by atoms with van der Waals surface area (Å²) in [5.41, 5.74) is 2.62. The number of Topliss-reactive ketones (excluding diaryl/α,β-unsaturated/α-hetero) is 1. The van der Waals surface area contributed by atoms with Crippen LogP contribution in [0.15, 0.2) is 48.5 Å². The van der Waals surface area contributed by atoms with Crippen LogP contribution in [0.5, 0.6) is 5.75 Å². The van der Waals surface area contributed by atoms with Gasteiger partial charge >= 0.3 is 0 Å². The number of ketones is 1. The molecule has 2 rings (SSSR count). The van der Waals surface area contributed by atoms with E-state index in [2.05, 4.69) is 6.92 Å². The number of hydrogen-bond donors (Lipinski definition) is 1. The molecule has 0 radical (unpaired) electrons. The zero-order chi connectivity index (χ0) is 15.2. The number of carbonyl (C=O) groups is 1. The van der Waals surface area contributed by atoms with Gasteiger partial charge in [0.05, 0.1) is 6.61 Å². The first kappa shape index (κ1) is 15.3. The zero-order valence-electron chi connectivity index (χ0n) is 12.4. The summed E-state index contributed by atoms with van der Waals surface area (Å²) in [4.78, 5) is 12.3. The molecule has 0 fully saturated rings. The SMILES string of the molecule is CCc1ccc(C(=O)C(C)Oc2cccc(CO)c2)cc1. The van der Waals surface area contributed by atoms with Gasteiger partial charge in [-0.1, -0.05) is 43.3 Å². The van der Waals surface area contributed by atoms with Gasteiger partial charge in [-0.05, 0) is 36.6 Å². The summed E-state index contributed by atoms with van der Waals surface area (Å²) in [6.45, 7) is 3.77. The molecule has 110 valence electrons. The number of aryl methyl sites for hydroxylation is 1. The Balaban J connectivity index is 2.07. The van der Waals surface area contributed by atoms with E-state index in [0.717, 1.165) is 12.0 Å². The monoisotopic (exact) mass is 284 g/mol. The van der Waals surface area contributed by atoms with E-state index < -0.39 is 6.10 Å². The molecule has 0 aromatic heterocycles. The second kappa shape index (κ2) is 7.04. The van der Waals surface area contributed by atoms with Crippen LogP contribution in [-0.2, 0) is 13.0 Å². The third-order valence-corrected chi connectivity index (χ3v) is 3.41. The highest BCUT2D eigenvalue weighted by atomic mass is 16.5. The highest BCUT2D eigenvalue weighted by molar-refractivity contribution is 5.99. The third kappa shape index (κ3) is 3.92. The normalized spacial score (nSPS) is 12.0. The molecule has 0 spiro atoms. The molecule has 21 heavy (non-hydrogen) atoms. The molecule has 1 N–H and O–H groups in total. The average Bonchev–Trinajstić information content (AvgIpc) is 2.54. The van der Waals surface area contributed by atoms with Gasteiger partial charge < -0.3 is 9.84 Å². The van der Waals surface area contributed by atoms with Crippen molar-refractivity contribution in [2.24, 2.45) is 0 Å². The molecular formula is C18H20O3. The van der Waals surface area contributed by atoms with Crippen molar-refractivity contribution in [3.8, 4) is 5.75 Å². The van der Waals surface area contributed by atoms with Crippen molar-refractivity contribution in [2.75, 3.05) is 0 Å². The first-order valence-corrected chi connectivity index (χ1v) is 7.13. The largest absolute Gasteiger partial charge is 0.483 e. The number of benzene rings is 2. The Bertz CT molecular complexity index is 602. The predicted octanol–water partition coefficient (Wildman–Crippen LogP) is 3.39. The maximum absolute atomic E-state index is 12.3. The van der Waals surface area contributed by atoms with E-state index in [1.165, 1.54) is 5.56 Å². The molecule has 1 unspecified atom stereocenters. The molecule has 0 bridgehead atoms. The highest BCUT2D eigenvalue weighted by Gasteiger charge is 2.16. The topological polar surface area (TPSA) is 46.5 Å². The molecule has 0 aliphatic heterocycles. The molecule has 0 aliphatic carbocycles. The van der Waals surface area contributed by atoms with Crippen molar-refractivity contribution in [1.29, 1.82) is 0 Å². The van der Waals surface area contributed by atoms with E-state index in [9.17, 15) is 4.79 Å². The predicted molar refractivity (Wildman–Crippen MR) is 82.6 cm³/mol. The number of rotatable bonds is 6. The summed E-state index contributed by atoms with van der Waals surface area (Å²) in [7, 11) is 0. The Labute approximate surface area is 125 Å². The fraction of sp³-hybridized carbons (Fsp3) is 0.278.